The SMILES string of the molecule is CC[C@]1(c2ccccc2)NC(=O)N(CCSc2ccccc2F)C1=O. The second kappa shape index (κ2) is 7.27. The number of imide groups is 1. The fourth-order valence-electron chi connectivity index (χ4n) is 3.00. The molecule has 2 aromatic rings. The predicted molar refractivity (Wildman–Crippen MR) is 95.8 cm³/mol. The van der Waals surface area contributed by atoms with Gasteiger partial charge in [-0.1, -0.05) is 49.4 Å². The van der Waals surface area contributed by atoms with Crippen molar-refractivity contribution in [1.82, 2.24) is 10.2 Å². The summed E-state index contributed by atoms with van der Waals surface area (Å²) in [5.41, 5.74) is -0.235. The van der Waals surface area contributed by atoms with Crippen LogP contribution in [0.3, 0.4) is 0 Å². The first kappa shape index (κ1) is 17.5. The third-order valence-corrected chi connectivity index (χ3v) is 5.41. The van der Waals surface area contributed by atoms with Gasteiger partial charge in [0.1, 0.15) is 11.4 Å². The Morgan fingerprint density at radius 1 is 1.08 bits per heavy atom. The van der Waals surface area contributed by atoms with Gasteiger partial charge in [-0.25, -0.2) is 9.18 Å². The molecular formula is C19H19FN2O2S. The van der Waals surface area contributed by atoms with Crippen LogP contribution in [0.25, 0.3) is 0 Å². The molecule has 130 valence electrons. The molecule has 0 aromatic heterocycles. The molecule has 1 aliphatic rings. The molecule has 0 radical (unpaired) electrons. The molecule has 0 saturated carbocycles. The van der Waals surface area contributed by atoms with E-state index in [1.54, 1.807) is 18.2 Å². The minimum absolute atomic E-state index is 0.234. The van der Waals surface area contributed by atoms with Crippen molar-refractivity contribution >= 4 is 23.7 Å². The Hall–Kier alpha value is -2.34. The second-order valence-corrected chi connectivity index (χ2v) is 6.93. The van der Waals surface area contributed by atoms with Gasteiger partial charge >= 0.3 is 6.03 Å². The second-order valence-electron chi connectivity index (χ2n) is 5.79. The highest BCUT2D eigenvalue weighted by molar-refractivity contribution is 7.99. The Bertz CT molecular complexity index is 784. The van der Waals surface area contributed by atoms with Crippen molar-refractivity contribution in [3.05, 3.63) is 66.0 Å². The summed E-state index contributed by atoms with van der Waals surface area (Å²) >= 11 is 1.29. The average molecular weight is 358 g/mol. The summed E-state index contributed by atoms with van der Waals surface area (Å²) in [7, 11) is 0. The van der Waals surface area contributed by atoms with Crippen LogP contribution in [0.15, 0.2) is 59.5 Å². The molecule has 6 heteroatoms. The number of amides is 3. The predicted octanol–water partition coefficient (Wildman–Crippen LogP) is 3.78. The monoisotopic (exact) mass is 358 g/mol. The van der Waals surface area contributed by atoms with Crippen LogP contribution in [0, 0.1) is 5.82 Å². The smallest absolute Gasteiger partial charge is 0.319 e. The van der Waals surface area contributed by atoms with Gasteiger partial charge in [-0.3, -0.25) is 9.69 Å². The van der Waals surface area contributed by atoms with Crippen LogP contribution in [0.4, 0.5) is 9.18 Å². The molecule has 1 fully saturated rings. The van der Waals surface area contributed by atoms with E-state index >= 15 is 0 Å². The van der Waals surface area contributed by atoms with Crippen molar-refractivity contribution in [2.24, 2.45) is 0 Å². The summed E-state index contributed by atoms with van der Waals surface area (Å²) in [6, 6.07) is 15.3. The van der Waals surface area contributed by atoms with E-state index in [9.17, 15) is 14.0 Å². The molecule has 4 nitrogen and oxygen atoms in total. The molecule has 3 amide bonds. The number of nitrogens with zero attached hydrogens (tertiary/aromatic N) is 1. The van der Waals surface area contributed by atoms with Crippen LogP contribution in [-0.2, 0) is 10.3 Å². The van der Waals surface area contributed by atoms with Crippen molar-refractivity contribution in [3.63, 3.8) is 0 Å². The van der Waals surface area contributed by atoms with Gasteiger partial charge in [-0.05, 0) is 24.1 Å². The Balaban J connectivity index is 1.72. The number of urea groups is 1. The summed E-state index contributed by atoms with van der Waals surface area (Å²) in [4.78, 5) is 27.0. The van der Waals surface area contributed by atoms with E-state index in [4.69, 9.17) is 0 Å². The Morgan fingerprint density at radius 3 is 2.44 bits per heavy atom. The molecule has 25 heavy (non-hydrogen) atoms. The van der Waals surface area contributed by atoms with Gasteiger partial charge < -0.3 is 5.32 Å². The highest BCUT2D eigenvalue weighted by Gasteiger charge is 2.50. The molecule has 1 N–H and O–H groups in total. The van der Waals surface area contributed by atoms with E-state index in [-0.39, 0.29) is 18.3 Å². The van der Waals surface area contributed by atoms with E-state index in [1.165, 1.54) is 22.7 Å². The standard InChI is InChI=1S/C19H19FN2O2S/c1-2-19(14-8-4-3-5-9-14)17(23)22(18(24)21-19)12-13-25-16-11-7-6-10-15(16)20/h3-11H,2,12-13H2,1H3,(H,21,24)/t19-/m1/s1. The zero-order valence-electron chi connectivity index (χ0n) is 13.9. The number of hydrogen-bond donors (Lipinski definition) is 1. The quantitative estimate of drug-likeness (QED) is 0.632. The van der Waals surface area contributed by atoms with Gasteiger partial charge in [0.2, 0.25) is 0 Å². The molecule has 1 saturated heterocycles. The van der Waals surface area contributed by atoms with Crippen LogP contribution in [0.5, 0.6) is 0 Å². The molecule has 0 unspecified atom stereocenters. The third-order valence-electron chi connectivity index (χ3n) is 4.38. The van der Waals surface area contributed by atoms with E-state index in [2.05, 4.69) is 5.32 Å². The van der Waals surface area contributed by atoms with Crippen molar-refractivity contribution in [3.8, 4) is 0 Å². The van der Waals surface area contributed by atoms with Crippen molar-refractivity contribution in [2.45, 2.75) is 23.8 Å². The van der Waals surface area contributed by atoms with E-state index in [1.807, 2.05) is 37.3 Å². The van der Waals surface area contributed by atoms with E-state index < -0.39 is 11.6 Å². The third kappa shape index (κ3) is 3.26. The first-order valence-electron chi connectivity index (χ1n) is 8.15. The lowest BCUT2D eigenvalue weighted by Crippen LogP contribution is -2.43. The van der Waals surface area contributed by atoms with Crippen LogP contribution >= 0.6 is 11.8 Å². The lowest BCUT2D eigenvalue weighted by Gasteiger charge is -2.25. The van der Waals surface area contributed by atoms with Crippen LogP contribution in [0.2, 0.25) is 0 Å². The first-order valence-corrected chi connectivity index (χ1v) is 9.14. The Labute approximate surface area is 150 Å². The number of rotatable bonds is 6. The maximum absolute atomic E-state index is 13.7. The lowest BCUT2D eigenvalue weighted by atomic mass is 9.87. The molecule has 3 rings (SSSR count). The molecule has 1 aliphatic heterocycles. The zero-order chi connectivity index (χ0) is 17.9. The van der Waals surface area contributed by atoms with Gasteiger partial charge in [-0.15, -0.1) is 11.8 Å². The Morgan fingerprint density at radius 2 is 1.76 bits per heavy atom. The number of benzene rings is 2. The number of nitrogens with one attached hydrogen (secondary N) is 1. The van der Waals surface area contributed by atoms with E-state index in [0.29, 0.717) is 17.1 Å². The minimum atomic E-state index is -1.01. The summed E-state index contributed by atoms with van der Waals surface area (Å²) < 4.78 is 13.7. The molecule has 1 atom stereocenters. The van der Waals surface area contributed by atoms with Gasteiger partial charge in [0.25, 0.3) is 5.91 Å². The highest BCUT2D eigenvalue weighted by Crippen LogP contribution is 2.32. The summed E-state index contributed by atoms with van der Waals surface area (Å²) in [6.07, 6.45) is 0.471. The molecule has 0 aliphatic carbocycles. The first-order chi connectivity index (χ1) is 12.1. The van der Waals surface area contributed by atoms with Gasteiger partial charge in [-0.2, -0.15) is 0 Å². The zero-order valence-corrected chi connectivity index (χ0v) is 14.7. The molecular weight excluding hydrogens is 339 g/mol. The number of carbonyl (C=O) groups is 2. The van der Waals surface area contributed by atoms with Gasteiger partial charge in [0, 0.05) is 17.2 Å². The topological polar surface area (TPSA) is 49.4 Å². The number of carbonyl (C=O) groups excluding carboxylic acids is 2. The van der Waals surface area contributed by atoms with Crippen LogP contribution in [0.1, 0.15) is 18.9 Å². The highest BCUT2D eigenvalue weighted by atomic mass is 32.2. The van der Waals surface area contributed by atoms with Crippen molar-refractivity contribution in [1.29, 1.82) is 0 Å². The van der Waals surface area contributed by atoms with Gasteiger partial charge in [0.15, 0.2) is 0 Å². The fourth-order valence-corrected chi connectivity index (χ4v) is 3.87. The number of halogens is 1. The normalized spacial score (nSPS) is 20.0. The fraction of sp³-hybridized carbons (Fsp3) is 0.263. The molecule has 1 heterocycles. The number of thioether (sulfide) groups is 1. The summed E-state index contributed by atoms with van der Waals surface area (Å²) in [5, 5.41) is 2.85. The van der Waals surface area contributed by atoms with Crippen LogP contribution in [-0.4, -0.2) is 29.1 Å². The lowest BCUT2D eigenvalue weighted by molar-refractivity contribution is -0.131. The maximum atomic E-state index is 13.7. The van der Waals surface area contributed by atoms with Crippen molar-refractivity contribution in [2.75, 3.05) is 12.3 Å². The summed E-state index contributed by atoms with van der Waals surface area (Å²) in [5.74, 6) is -0.105. The number of hydrogen-bond acceptors (Lipinski definition) is 3. The van der Waals surface area contributed by atoms with Crippen LogP contribution < -0.4 is 5.32 Å². The minimum Gasteiger partial charge on any atom is -0.319 e. The largest absolute Gasteiger partial charge is 0.325 e. The molecule has 0 bridgehead atoms. The van der Waals surface area contributed by atoms with Crippen molar-refractivity contribution < 1.29 is 14.0 Å². The Kier molecular flexibility index (Phi) is 5.08. The molecule has 2 aromatic carbocycles. The van der Waals surface area contributed by atoms with Gasteiger partial charge in [0.05, 0.1) is 0 Å². The van der Waals surface area contributed by atoms with E-state index in [0.717, 1.165) is 5.56 Å². The molecule has 0 spiro atoms. The maximum Gasteiger partial charge on any atom is 0.325 e. The summed E-state index contributed by atoms with van der Waals surface area (Å²) in [6.45, 7) is 2.11. The average Bonchev–Trinajstić information content (AvgIpc) is 2.89.